The van der Waals surface area contributed by atoms with E-state index in [0.717, 1.165) is 0 Å². The minimum absolute atomic E-state index is 0.160. The van der Waals surface area contributed by atoms with Gasteiger partial charge in [0.1, 0.15) is 0 Å². The van der Waals surface area contributed by atoms with Gasteiger partial charge in [0.25, 0.3) is 5.91 Å². The Labute approximate surface area is 122 Å². The first-order chi connectivity index (χ1) is 9.99. The lowest BCUT2D eigenvalue weighted by atomic mass is 9.82. The van der Waals surface area contributed by atoms with E-state index in [4.69, 9.17) is 9.47 Å². The molecular formula is C15H17NO5. The predicted molar refractivity (Wildman–Crippen MR) is 73.4 cm³/mol. The molecule has 1 unspecified atom stereocenters. The van der Waals surface area contributed by atoms with Crippen molar-refractivity contribution in [3.05, 3.63) is 23.8 Å². The quantitative estimate of drug-likeness (QED) is 0.898. The Kier molecular flexibility index (Phi) is 3.23. The highest BCUT2D eigenvalue weighted by Crippen LogP contribution is 2.34. The van der Waals surface area contributed by atoms with Crippen LogP contribution in [-0.4, -0.2) is 41.8 Å². The normalized spacial score (nSPS) is 24.0. The number of likely N-dealkylation sites (tertiary alicyclic amines) is 1. The standard InChI is InChI=1S/C15H17NO5/c1-15(14(18)19)5-2-6-16(8-15)13(17)10-3-4-11-12(7-10)21-9-20-11/h3-4,7H,2,5-6,8-9H2,1H3,(H,18,19). The van der Waals surface area contributed by atoms with Gasteiger partial charge in [0.2, 0.25) is 6.79 Å². The number of nitrogens with zero attached hydrogens (tertiary/aromatic N) is 1. The summed E-state index contributed by atoms with van der Waals surface area (Å²) in [4.78, 5) is 25.5. The molecule has 6 nitrogen and oxygen atoms in total. The number of carbonyl (C=O) groups excluding carboxylic acids is 1. The Morgan fingerprint density at radius 1 is 1.29 bits per heavy atom. The highest BCUT2D eigenvalue weighted by molar-refractivity contribution is 5.95. The molecule has 1 N–H and O–H groups in total. The average molecular weight is 291 g/mol. The molecule has 1 aromatic rings. The summed E-state index contributed by atoms with van der Waals surface area (Å²) >= 11 is 0. The summed E-state index contributed by atoms with van der Waals surface area (Å²) in [6.07, 6.45) is 1.28. The lowest BCUT2D eigenvalue weighted by molar-refractivity contribution is -0.150. The van der Waals surface area contributed by atoms with Gasteiger partial charge < -0.3 is 19.5 Å². The smallest absolute Gasteiger partial charge is 0.311 e. The van der Waals surface area contributed by atoms with E-state index in [2.05, 4.69) is 0 Å². The first-order valence-electron chi connectivity index (χ1n) is 6.92. The maximum atomic E-state index is 12.5. The van der Waals surface area contributed by atoms with Crippen molar-refractivity contribution >= 4 is 11.9 Å². The maximum Gasteiger partial charge on any atom is 0.311 e. The SMILES string of the molecule is CC1(C(=O)O)CCCN(C(=O)c2ccc3c(c2)OCO3)C1. The van der Waals surface area contributed by atoms with Crippen molar-refractivity contribution in [3.63, 3.8) is 0 Å². The molecule has 0 radical (unpaired) electrons. The van der Waals surface area contributed by atoms with Gasteiger partial charge in [0.05, 0.1) is 5.41 Å². The zero-order valence-corrected chi connectivity index (χ0v) is 11.8. The maximum absolute atomic E-state index is 12.5. The molecule has 0 aromatic heterocycles. The van der Waals surface area contributed by atoms with Gasteiger partial charge in [-0.2, -0.15) is 0 Å². The molecule has 0 aliphatic carbocycles. The van der Waals surface area contributed by atoms with Crippen LogP contribution in [0.5, 0.6) is 11.5 Å². The molecule has 6 heteroatoms. The van der Waals surface area contributed by atoms with Crippen LogP contribution in [0.4, 0.5) is 0 Å². The van der Waals surface area contributed by atoms with E-state index in [1.54, 1.807) is 30.0 Å². The highest BCUT2D eigenvalue weighted by Gasteiger charge is 2.39. The van der Waals surface area contributed by atoms with Gasteiger partial charge in [0, 0.05) is 18.7 Å². The second-order valence-corrected chi connectivity index (χ2v) is 5.76. The summed E-state index contributed by atoms with van der Waals surface area (Å²) in [5.41, 5.74) is -0.376. The molecule has 2 aliphatic rings. The number of rotatable bonds is 2. The van der Waals surface area contributed by atoms with Crippen molar-refractivity contribution in [2.45, 2.75) is 19.8 Å². The summed E-state index contributed by atoms with van der Waals surface area (Å²) in [5, 5.41) is 9.32. The van der Waals surface area contributed by atoms with E-state index < -0.39 is 11.4 Å². The van der Waals surface area contributed by atoms with Crippen LogP contribution in [0.1, 0.15) is 30.1 Å². The van der Waals surface area contributed by atoms with Crippen LogP contribution in [0.15, 0.2) is 18.2 Å². The van der Waals surface area contributed by atoms with E-state index in [9.17, 15) is 14.7 Å². The molecule has 3 rings (SSSR count). The van der Waals surface area contributed by atoms with E-state index in [1.165, 1.54) is 0 Å². The van der Waals surface area contributed by atoms with Crippen molar-refractivity contribution in [1.29, 1.82) is 0 Å². The van der Waals surface area contributed by atoms with Crippen molar-refractivity contribution in [1.82, 2.24) is 4.90 Å². The second kappa shape index (κ2) is 4.95. The zero-order chi connectivity index (χ0) is 15.0. The monoisotopic (exact) mass is 291 g/mol. The van der Waals surface area contributed by atoms with E-state index in [0.29, 0.717) is 36.4 Å². The van der Waals surface area contributed by atoms with Crippen LogP contribution in [0.25, 0.3) is 0 Å². The molecule has 2 aliphatic heterocycles. The summed E-state index contributed by atoms with van der Waals surface area (Å²) in [6.45, 7) is 2.66. The molecule has 1 saturated heterocycles. The fourth-order valence-electron chi connectivity index (χ4n) is 2.80. The molecule has 112 valence electrons. The number of benzene rings is 1. The summed E-state index contributed by atoms with van der Waals surface area (Å²) in [5.74, 6) is 0.158. The van der Waals surface area contributed by atoms with Gasteiger partial charge >= 0.3 is 5.97 Å². The van der Waals surface area contributed by atoms with E-state index in [-0.39, 0.29) is 19.2 Å². The number of hydrogen-bond acceptors (Lipinski definition) is 4. The Balaban J connectivity index is 1.80. The number of carbonyl (C=O) groups is 2. The Morgan fingerprint density at radius 2 is 2.05 bits per heavy atom. The van der Waals surface area contributed by atoms with Gasteiger partial charge in [-0.3, -0.25) is 9.59 Å². The Bertz CT molecular complexity index is 600. The molecule has 0 spiro atoms. The number of piperidine rings is 1. The first-order valence-corrected chi connectivity index (χ1v) is 6.92. The van der Waals surface area contributed by atoms with Crippen molar-refractivity contribution in [3.8, 4) is 11.5 Å². The van der Waals surface area contributed by atoms with Crippen LogP contribution >= 0.6 is 0 Å². The highest BCUT2D eigenvalue weighted by atomic mass is 16.7. The van der Waals surface area contributed by atoms with E-state index in [1.807, 2.05) is 0 Å². The molecule has 0 bridgehead atoms. The third-order valence-electron chi connectivity index (χ3n) is 4.12. The van der Waals surface area contributed by atoms with Crippen molar-refractivity contribution < 1.29 is 24.2 Å². The van der Waals surface area contributed by atoms with Crippen molar-refractivity contribution in [2.75, 3.05) is 19.9 Å². The number of fused-ring (bicyclic) bond motifs is 1. The molecule has 1 aromatic carbocycles. The molecular weight excluding hydrogens is 274 g/mol. The fourth-order valence-corrected chi connectivity index (χ4v) is 2.80. The van der Waals surface area contributed by atoms with Gasteiger partial charge in [0.15, 0.2) is 11.5 Å². The van der Waals surface area contributed by atoms with Crippen molar-refractivity contribution in [2.24, 2.45) is 5.41 Å². The first kappa shape index (κ1) is 13.7. The molecule has 2 heterocycles. The topological polar surface area (TPSA) is 76.1 Å². The number of amides is 1. The molecule has 1 amide bonds. The van der Waals surface area contributed by atoms with Gasteiger partial charge in [-0.1, -0.05) is 0 Å². The molecule has 0 saturated carbocycles. The number of carboxylic acid groups (broad SMARTS) is 1. The molecule has 21 heavy (non-hydrogen) atoms. The number of hydrogen-bond donors (Lipinski definition) is 1. The molecule has 1 atom stereocenters. The largest absolute Gasteiger partial charge is 0.481 e. The lowest BCUT2D eigenvalue weighted by Gasteiger charge is -2.37. The minimum Gasteiger partial charge on any atom is -0.481 e. The number of ether oxygens (including phenoxy) is 2. The third-order valence-corrected chi connectivity index (χ3v) is 4.12. The van der Waals surface area contributed by atoms with Crippen LogP contribution < -0.4 is 9.47 Å². The Morgan fingerprint density at radius 3 is 2.81 bits per heavy atom. The average Bonchev–Trinajstić information content (AvgIpc) is 2.93. The van der Waals surface area contributed by atoms with Gasteiger partial charge in [-0.25, -0.2) is 0 Å². The van der Waals surface area contributed by atoms with Gasteiger partial charge in [-0.05, 0) is 38.0 Å². The Hall–Kier alpha value is -2.24. The van der Waals surface area contributed by atoms with Crippen LogP contribution in [0.2, 0.25) is 0 Å². The fraction of sp³-hybridized carbons (Fsp3) is 0.467. The molecule has 1 fully saturated rings. The van der Waals surface area contributed by atoms with Crippen LogP contribution in [0.3, 0.4) is 0 Å². The van der Waals surface area contributed by atoms with Crippen LogP contribution in [0, 0.1) is 5.41 Å². The third kappa shape index (κ3) is 2.41. The minimum atomic E-state index is -0.871. The zero-order valence-electron chi connectivity index (χ0n) is 11.8. The van der Waals surface area contributed by atoms with Crippen LogP contribution in [-0.2, 0) is 4.79 Å². The number of aliphatic carboxylic acids is 1. The number of carboxylic acids is 1. The predicted octanol–water partition coefficient (Wildman–Crippen LogP) is 1.74. The van der Waals surface area contributed by atoms with E-state index >= 15 is 0 Å². The second-order valence-electron chi connectivity index (χ2n) is 5.76. The summed E-state index contributed by atoms with van der Waals surface area (Å²) in [7, 11) is 0. The summed E-state index contributed by atoms with van der Waals surface area (Å²) in [6, 6.07) is 5.04. The lowest BCUT2D eigenvalue weighted by Crippen LogP contribution is -2.48. The van der Waals surface area contributed by atoms with Gasteiger partial charge in [-0.15, -0.1) is 0 Å². The summed E-state index contributed by atoms with van der Waals surface area (Å²) < 4.78 is 10.5.